The number of rotatable bonds is 1. The highest BCUT2D eigenvalue weighted by molar-refractivity contribution is 7.00. The van der Waals surface area contributed by atoms with E-state index < -0.39 is 163 Å². The van der Waals surface area contributed by atoms with Gasteiger partial charge in [-0.15, -0.1) is 0 Å². The van der Waals surface area contributed by atoms with Crippen molar-refractivity contribution in [2.75, 3.05) is 9.80 Å². The average molecular weight is 545 g/mol. The molecule has 1 aromatic heterocycles. The van der Waals surface area contributed by atoms with Crippen LogP contribution < -0.4 is 26.2 Å². The van der Waals surface area contributed by atoms with Gasteiger partial charge in [0.15, 0.2) is 0 Å². The molecule has 3 nitrogen and oxygen atoms in total. The van der Waals surface area contributed by atoms with E-state index >= 15 is 0 Å². The highest BCUT2D eigenvalue weighted by Gasteiger charge is 2.45. The zero-order valence-electron chi connectivity index (χ0n) is 43.5. The number of nitrogens with zero attached hydrogens (tertiary/aromatic N) is 3. The molecule has 0 atom stereocenters. The summed E-state index contributed by atoms with van der Waals surface area (Å²) < 4.78 is 208. The van der Waals surface area contributed by atoms with Crippen LogP contribution in [0.25, 0.3) is 27.5 Å². The van der Waals surface area contributed by atoms with Crippen LogP contribution in [0.5, 0.6) is 0 Å². The molecule has 6 aromatic carbocycles. The van der Waals surface area contributed by atoms with Crippen LogP contribution in [-0.4, -0.2) is 11.3 Å². The van der Waals surface area contributed by atoms with E-state index in [0.717, 1.165) is 15.5 Å². The van der Waals surface area contributed by atoms with Crippen molar-refractivity contribution in [3.8, 4) is 5.69 Å². The Labute approximate surface area is 270 Å². The topological polar surface area (TPSA) is 11.4 Å². The summed E-state index contributed by atoms with van der Waals surface area (Å²) in [6.07, 6.45) is 0. The molecular weight excluding hydrogens is 497 g/mol. The van der Waals surface area contributed by atoms with E-state index in [1.54, 1.807) is 0 Å². The fraction of sp³-hybridized carbons (Fsp3) is 0.0270. The zero-order valence-corrected chi connectivity index (χ0v) is 20.5. The highest BCUT2D eigenvalue weighted by Crippen LogP contribution is 2.52. The molecular formula is C37H24BN3. The quantitative estimate of drug-likeness (QED) is 0.199. The third-order valence-corrected chi connectivity index (χ3v) is 7.75. The lowest BCUT2D eigenvalue weighted by Crippen LogP contribution is -2.61. The first-order valence-corrected chi connectivity index (χ1v) is 12.5. The molecule has 0 fully saturated rings. The Morgan fingerprint density at radius 2 is 1.34 bits per heavy atom. The molecule has 0 radical (unpaired) electrons. The van der Waals surface area contributed by atoms with Crippen molar-refractivity contribution in [2.24, 2.45) is 0 Å². The summed E-state index contributed by atoms with van der Waals surface area (Å²) in [6, 6.07) is -14.8. The predicted octanol–water partition coefficient (Wildman–Crippen LogP) is 7.49. The Kier molecular flexibility index (Phi) is 1.72. The Hall–Kier alpha value is -5.22. The van der Waals surface area contributed by atoms with Crippen LogP contribution in [-0.2, 0) is 0 Å². The van der Waals surface area contributed by atoms with E-state index in [-0.39, 0.29) is 55.5 Å². The zero-order chi connectivity index (χ0) is 46.7. The number of hydrogen-bond donors (Lipinski definition) is 0. The summed E-state index contributed by atoms with van der Waals surface area (Å²) in [5.74, 6) is 0. The molecule has 0 N–H and O–H groups in total. The maximum Gasteiger partial charge on any atom is 0.252 e. The van der Waals surface area contributed by atoms with Gasteiger partial charge in [0, 0.05) is 37.6 Å². The second-order valence-electron chi connectivity index (χ2n) is 9.66. The van der Waals surface area contributed by atoms with E-state index in [9.17, 15) is 9.60 Å². The molecule has 41 heavy (non-hydrogen) atoms. The summed E-state index contributed by atoms with van der Waals surface area (Å²) in [5, 5.41) is -0.580. The third-order valence-electron chi connectivity index (χ3n) is 7.75. The van der Waals surface area contributed by atoms with Gasteiger partial charge in [0.1, 0.15) is 0 Å². The fourth-order valence-electron chi connectivity index (χ4n) is 6.33. The Balaban J connectivity index is 1.55. The smallest absolute Gasteiger partial charge is 0.252 e. The molecule has 0 unspecified atom stereocenters. The fourth-order valence-corrected chi connectivity index (χ4v) is 6.33. The van der Waals surface area contributed by atoms with Crippen molar-refractivity contribution < 1.29 is 31.5 Å². The first kappa shape index (κ1) is 9.42. The number of para-hydroxylation sites is 5. The van der Waals surface area contributed by atoms with Crippen molar-refractivity contribution in [3.63, 3.8) is 0 Å². The van der Waals surface area contributed by atoms with Gasteiger partial charge < -0.3 is 14.4 Å². The average Bonchev–Trinajstić information content (AvgIpc) is 3.60. The lowest BCUT2D eigenvalue weighted by Gasteiger charge is -2.46. The molecule has 0 saturated heterocycles. The first-order valence-electron chi connectivity index (χ1n) is 24.0. The van der Waals surface area contributed by atoms with E-state index in [4.69, 9.17) is 21.9 Å². The molecule has 0 aliphatic carbocycles. The largest absolute Gasteiger partial charge is 0.311 e. The summed E-state index contributed by atoms with van der Waals surface area (Å²) >= 11 is 0. The summed E-state index contributed by atoms with van der Waals surface area (Å²) in [4.78, 5) is 1.97. The number of aromatic nitrogens is 1. The summed E-state index contributed by atoms with van der Waals surface area (Å²) in [6.45, 7) is -4.92. The molecule has 190 valence electrons. The van der Waals surface area contributed by atoms with E-state index in [1.807, 2.05) is 0 Å². The Bertz CT molecular complexity index is 3440. The number of hydrogen-bond acceptors (Lipinski definition) is 2. The Morgan fingerprint density at radius 3 is 2.27 bits per heavy atom. The van der Waals surface area contributed by atoms with Crippen LogP contribution in [0.2, 0.25) is 0 Å². The molecule has 0 bridgehead atoms. The van der Waals surface area contributed by atoms with E-state index in [0.29, 0.717) is 0 Å². The van der Waals surface area contributed by atoms with E-state index in [2.05, 4.69) is 0 Å². The molecule has 0 spiro atoms. The van der Waals surface area contributed by atoms with Crippen LogP contribution >= 0.6 is 0 Å². The first-order chi connectivity index (χ1) is 29.8. The molecule has 10 rings (SSSR count). The van der Waals surface area contributed by atoms with Gasteiger partial charge >= 0.3 is 0 Å². The van der Waals surface area contributed by atoms with Gasteiger partial charge in [-0.2, -0.15) is 0 Å². The van der Waals surface area contributed by atoms with Gasteiger partial charge in [-0.05, 0) is 77.2 Å². The number of benzene rings is 6. The second kappa shape index (κ2) is 7.49. The van der Waals surface area contributed by atoms with Gasteiger partial charge in [-0.25, -0.2) is 0 Å². The maximum absolute atomic E-state index is 9.64. The highest BCUT2D eigenvalue weighted by atomic mass is 15.2. The molecule has 0 saturated carbocycles. The van der Waals surface area contributed by atoms with E-state index in [1.165, 1.54) is 4.90 Å². The number of fused-ring (bicyclic) bond motifs is 9. The summed E-state index contributed by atoms with van der Waals surface area (Å²) in [7, 11) is 0. The third kappa shape index (κ3) is 2.56. The molecule has 4 heteroatoms. The van der Waals surface area contributed by atoms with Crippen molar-refractivity contribution in [1.82, 2.24) is 4.57 Å². The predicted molar refractivity (Wildman–Crippen MR) is 173 cm³/mol. The van der Waals surface area contributed by atoms with Gasteiger partial charge in [0.05, 0.1) is 55.5 Å². The lowest BCUT2D eigenvalue weighted by atomic mass is 9.33. The molecule has 0 amide bonds. The molecule has 7 aromatic rings. The normalized spacial score (nSPS) is 22.0. The van der Waals surface area contributed by atoms with Crippen LogP contribution in [0.3, 0.4) is 0 Å². The maximum atomic E-state index is 9.64. The molecule has 3 aliphatic rings. The van der Waals surface area contributed by atoms with Crippen LogP contribution in [0.15, 0.2) is 127 Å². The van der Waals surface area contributed by atoms with Crippen LogP contribution in [0.4, 0.5) is 34.1 Å². The SMILES string of the molecule is [2H]c1c([2H])c([2H])c(N2c3c([2H])c(C([2H])([2H])[2H])cc4c3B(c3c([2H])c([2H])c([2H])c([2H])c32)c2c([2H])c([2H])c([2H])c3c2N4c2c([2H])c([2H])c([2H])c4c5c([2H])c([2H])c([2H])c([2H])c5n-3c24)c([2H])c1[2H]. The van der Waals surface area contributed by atoms with Gasteiger partial charge in [0.2, 0.25) is 0 Å². The van der Waals surface area contributed by atoms with Gasteiger partial charge in [0.25, 0.3) is 6.71 Å². The van der Waals surface area contributed by atoms with Crippen LogP contribution in [0.1, 0.15) is 37.1 Å². The van der Waals surface area contributed by atoms with Gasteiger partial charge in [-0.1, -0.05) is 78.6 Å². The standard InChI is InChI=1S/C37H24BN3/c1-23-21-33-35-34(22-23)41-31-19-9-14-26-25-13-5-7-17-29(25)40(36(26)31)32-20-10-16-28(37(32)41)38(35)27-15-6-8-18-30(27)39(33)24-11-3-2-4-12-24/h2-22H,1H3/i1D3,2D,3D,4D,5D,6D,7D,8D,9D,10D,11D,12D,13D,14D,15D,16D,17D,18D,19D,20D,21D. The Morgan fingerprint density at radius 1 is 0.610 bits per heavy atom. The number of anilines is 6. The minimum Gasteiger partial charge on any atom is -0.311 e. The van der Waals surface area contributed by atoms with Gasteiger partial charge in [-0.3, -0.25) is 0 Å². The monoisotopic (exact) mass is 544 g/mol. The molecule has 4 heterocycles. The van der Waals surface area contributed by atoms with Crippen molar-refractivity contribution in [1.29, 1.82) is 0 Å². The molecule has 3 aliphatic heterocycles. The minimum absolute atomic E-state index is 0.240. The van der Waals surface area contributed by atoms with Crippen molar-refractivity contribution >= 4 is 79.0 Å². The van der Waals surface area contributed by atoms with Crippen molar-refractivity contribution in [2.45, 2.75) is 6.85 Å². The summed E-state index contributed by atoms with van der Waals surface area (Å²) in [5.41, 5.74) is -5.54. The van der Waals surface area contributed by atoms with Crippen molar-refractivity contribution in [3.05, 3.63) is 132 Å². The minimum atomic E-state index is -3.21. The number of aryl methyl sites for hydroxylation is 1. The lowest BCUT2D eigenvalue weighted by molar-refractivity contribution is 1.11. The second-order valence-corrected chi connectivity index (χ2v) is 9.66. The van der Waals surface area contributed by atoms with Crippen LogP contribution in [0, 0.1) is 6.85 Å².